The molecule has 0 saturated carbocycles. The van der Waals surface area contributed by atoms with Gasteiger partial charge >= 0.3 is 0 Å². The number of carbonyl (C=O) groups is 1. The maximum absolute atomic E-state index is 12.2. The van der Waals surface area contributed by atoms with Crippen LogP contribution < -0.4 is 0 Å². The Kier molecular flexibility index (Phi) is 3.34. The van der Waals surface area contributed by atoms with Gasteiger partial charge in [-0.2, -0.15) is 0 Å². The lowest BCUT2D eigenvalue weighted by Crippen LogP contribution is -2.37. The Labute approximate surface area is 106 Å². The van der Waals surface area contributed by atoms with E-state index in [0.717, 1.165) is 11.3 Å². The number of hydrogen-bond acceptors (Lipinski definition) is 3. The maximum atomic E-state index is 12.2. The number of likely N-dealkylation sites (N-methyl/N-ethyl adjacent to an activating group) is 1. The van der Waals surface area contributed by atoms with Crippen molar-refractivity contribution in [2.45, 2.75) is 19.9 Å². The van der Waals surface area contributed by atoms with Crippen molar-refractivity contribution in [1.29, 1.82) is 0 Å². The fourth-order valence-electron chi connectivity index (χ4n) is 1.75. The molecule has 0 spiro atoms. The lowest BCUT2D eigenvalue weighted by Gasteiger charge is -2.21. The monoisotopic (exact) mass is 247 g/mol. The van der Waals surface area contributed by atoms with Crippen molar-refractivity contribution in [3.05, 3.63) is 35.8 Å². The zero-order chi connectivity index (χ0) is 13.3. The third-order valence-corrected chi connectivity index (χ3v) is 3.16. The van der Waals surface area contributed by atoms with Crippen molar-refractivity contribution in [3.8, 4) is 0 Å². The molecule has 0 radical (unpaired) electrons. The molecule has 2 rings (SSSR count). The summed E-state index contributed by atoms with van der Waals surface area (Å²) in [7, 11) is 1.67. The van der Waals surface area contributed by atoms with Crippen LogP contribution in [0.5, 0.6) is 0 Å². The molecule has 1 atom stereocenters. The van der Waals surface area contributed by atoms with Crippen molar-refractivity contribution in [3.63, 3.8) is 0 Å². The standard InChI is InChI=1S/C13H17N3O2/c1-9-5-4-6-12-14-11(7-16(9)12)13(18)15(3)10(2)8-17/h4-7,10,17H,8H2,1-3H3. The van der Waals surface area contributed by atoms with Crippen LogP contribution in [-0.4, -0.2) is 45.0 Å². The van der Waals surface area contributed by atoms with Gasteiger partial charge in [0.15, 0.2) is 0 Å². The van der Waals surface area contributed by atoms with E-state index in [1.807, 2.05) is 29.5 Å². The third-order valence-electron chi connectivity index (χ3n) is 3.16. The highest BCUT2D eigenvalue weighted by molar-refractivity contribution is 5.93. The van der Waals surface area contributed by atoms with Crippen molar-refractivity contribution >= 4 is 11.6 Å². The smallest absolute Gasteiger partial charge is 0.274 e. The van der Waals surface area contributed by atoms with E-state index in [-0.39, 0.29) is 18.6 Å². The second kappa shape index (κ2) is 4.78. The van der Waals surface area contributed by atoms with Crippen molar-refractivity contribution in [1.82, 2.24) is 14.3 Å². The highest BCUT2D eigenvalue weighted by Crippen LogP contribution is 2.11. The van der Waals surface area contributed by atoms with Crippen LogP contribution in [0.25, 0.3) is 5.65 Å². The first-order chi connectivity index (χ1) is 8.54. The Balaban J connectivity index is 2.37. The van der Waals surface area contributed by atoms with E-state index < -0.39 is 0 Å². The molecule has 1 N–H and O–H groups in total. The lowest BCUT2D eigenvalue weighted by molar-refractivity contribution is 0.0677. The van der Waals surface area contributed by atoms with Gasteiger partial charge in [0, 0.05) is 18.9 Å². The van der Waals surface area contributed by atoms with Gasteiger partial charge in [0.25, 0.3) is 5.91 Å². The molecule has 5 heteroatoms. The van der Waals surface area contributed by atoms with Gasteiger partial charge < -0.3 is 14.4 Å². The van der Waals surface area contributed by atoms with Gasteiger partial charge in [0.2, 0.25) is 0 Å². The average Bonchev–Trinajstić information content (AvgIpc) is 2.81. The second-order valence-corrected chi connectivity index (χ2v) is 4.47. The van der Waals surface area contributed by atoms with Crippen molar-refractivity contribution in [2.75, 3.05) is 13.7 Å². The Morgan fingerprint density at radius 2 is 2.28 bits per heavy atom. The Morgan fingerprint density at radius 3 is 2.89 bits per heavy atom. The number of carbonyl (C=O) groups excluding carboxylic acids is 1. The molecule has 0 aliphatic rings. The SMILES string of the molecule is Cc1cccc2nc(C(=O)N(C)C(C)CO)cn12. The summed E-state index contributed by atoms with van der Waals surface area (Å²) < 4.78 is 1.88. The fourth-order valence-corrected chi connectivity index (χ4v) is 1.75. The largest absolute Gasteiger partial charge is 0.394 e. The Bertz CT molecular complexity index is 577. The van der Waals surface area contributed by atoms with Crippen LogP contribution in [0.2, 0.25) is 0 Å². The first-order valence-corrected chi connectivity index (χ1v) is 5.87. The molecule has 0 aliphatic carbocycles. The molecule has 1 amide bonds. The van der Waals surface area contributed by atoms with Crippen LogP contribution >= 0.6 is 0 Å². The van der Waals surface area contributed by atoms with Gasteiger partial charge in [-0.05, 0) is 26.0 Å². The van der Waals surface area contributed by atoms with E-state index >= 15 is 0 Å². The molecular weight excluding hydrogens is 230 g/mol. The molecular formula is C13H17N3O2. The number of aliphatic hydroxyl groups excluding tert-OH is 1. The topological polar surface area (TPSA) is 57.8 Å². The van der Waals surface area contributed by atoms with Crippen LogP contribution in [0.3, 0.4) is 0 Å². The summed E-state index contributed by atoms with van der Waals surface area (Å²) in [5.74, 6) is -0.181. The molecule has 18 heavy (non-hydrogen) atoms. The lowest BCUT2D eigenvalue weighted by atomic mass is 10.3. The Hall–Kier alpha value is -1.88. The molecule has 2 aromatic heterocycles. The normalized spacial score (nSPS) is 12.7. The van der Waals surface area contributed by atoms with Crippen LogP contribution in [0, 0.1) is 6.92 Å². The van der Waals surface area contributed by atoms with Gasteiger partial charge in [0.05, 0.1) is 12.6 Å². The summed E-state index contributed by atoms with van der Waals surface area (Å²) in [5.41, 5.74) is 2.17. The highest BCUT2D eigenvalue weighted by Gasteiger charge is 2.19. The predicted octanol–water partition coefficient (Wildman–Crippen LogP) is 1.10. The zero-order valence-corrected chi connectivity index (χ0v) is 10.8. The molecule has 0 saturated heterocycles. The third kappa shape index (κ3) is 2.09. The van der Waals surface area contributed by atoms with Crippen LogP contribution in [-0.2, 0) is 0 Å². The van der Waals surface area contributed by atoms with E-state index in [4.69, 9.17) is 5.11 Å². The zero-order valence-electron chi connectivity index (χ0n) is 10.8. The number of nitrogens with zero attached hydrogens (tertiary/aromatic N) is 3. The van der Waals surface area contributed by atoms with Crippen molar-refractivity contribution < 1.29 is 9.90 Å². The number of imidazole rings is 1. The van der Waals surface area contributed by atoms with Gasteiger partial charge in [0.1, 0.15) is 11.3 Å². The molecule has 0 bridgehead atoms. The summed E-state index contributed by atoms with van der Waals surface area (Å²) in [6.07, 6.45) is 1.73. The molecule has 2 heterocycles. The van der Waals surface area contributed by atoms with Gasteiger partial charge in [-0.15, -0.1) is 0 Å². The van der Waals surface area contributed by atoms with Gasteiger partial charge in [-0.25, -0.2) is 4.98 Å². The number of aliphatic hydroxyl groups is 1. The summed E-state index contributed by atoms with van der Waals surface area (Å²) in [5, 5.41) is 9.07. The van der Waals surface area contributed by atoms with E-state index in [9.17, 15) is 4.79 Å². The fraction of sp³-hybridized carbons (Fsp3) is 0.385. The predicted molar refractivity (Wildman–Crippen MR) is 68.6 cm³/mol. The van der Waals surface area contributed by atoms with Crippen molar-refractivity contribution in [2.24, 2.45) is 0 Å². The van der Waals surface area contributed by atoms with Crippen LogP contribution in [0.4, 0.5) is 0 Å². The first-order valence-electron chi connectivity index (χ1n) is 5.87. The number of amides is 1. The minimum absolute atomic E-state index is 0.0609. The average molecular weight is 247 g/mol. The van der Waals surface area contributed by atoms with E-state index in [0.29, 0.717) is 5.69 Å². The minimum Gasteiger partial charge on any atom is -0.394 e. The molecule has 2 aromatic rings. The van der Waals surface area contributed by atoms with Crippen LogP contribution in [0.1, 0.15) is 23.1 Å². The van der Waals surface area contributed by atoms with E-state index in [1.165, 1.54) is 4.90 Å². The van der Waals surface area contributed by atoms with Gasteiger partial charge in [-0.1, -0.05) is 6.07 Å². The number of pyridine rings is 1. The van der Waals surface area contributed by atoms with Crippen LogP contribution in [0.15, 0.2) is 24.4 Å². The number of aromatic nitrogens is 2. The molecule has 1 unspecified atom stereocenters. The number of fused-ring (bicyclic) bond motifs is 1. The quantitative estimate of drug-likeness (QED) is 0.883. The second-order valence-electron chi connectivity index (χ2n) is 4.47. The number of rotatable bonds is 3. The molecule has 0 aliphatic heterocycles. The number of aryl methyl sites for hydroxylation is 1. The van der Waals surface area contributed by atoms with E-state index in [1.54, 1.807) is 20.2 Å². The highest BCUT2D eigenvalue weighted by atomic mass is 16.3. The minimum atomic E-state index is -0.219. The van der Waals surface area contributed by atoms with Gasteiger partial charge in [-0.3, -0.25) is 4.79 Å². The Morgan fingerprint density at radius 1 is 1.56 bits per heavy atom. The molecule has 0 aromatic carbocycles. The molecule has 96 valence electrons. The maximum Gasteiger partial charge on any atom is 0.274 e. The summed E-state index contributed by atoms with van der Waals surface area (Å²) >= 11 is 0. The summed E-state index contributed by atoms with van der Waals surface area (Å²) in [4.78, 5) is 18.0. The van der Waals surface area contributed by atoms with E-state index in [2.05, 4.69) is 4.98 Å². The number of hydrogen-bond donors (Lipinski definition) is 1. The first kappa shape index (κ1) is 12.6. The summed E-state index contributed by atoms with van der Waals surface area (Å²) in [6, 6.07) is 5.51. The summed E-state index contributed by atoms with van der Waals surface area (Å²) in [6.45, 7) is 3.69. The molecule has 5 nitrogen and oxygen atoms in total. The molecule has 0 fully saturated rings.